The van der Waals surface area contributed by atoms with Crippen LogP contribution in [-0.2, 0) is 6.42 Å². The van der Waals surface area contributed by atoms with E-state index in [0.717, 1.165) is 31.2 Å². The fourth-order valence-electron chi connectivity index (χ4n) is 1.47. The molecule has 0 aliphatic rings. The molecule has 3 heteroatoms. The van der Waals surface area contributed by atoms with Gasteiger partial charge in [-0.1, -0.05) is 19.1 Å². The lowest BCUT2D eigenvalue weighted by Crippen LogP contribution is -2.04. The molecule has 0 aliphatic carbocycles. The van der Waals surface area contributed by atoms with Crippen molar-refractivity contribution in [2.45, 2.75) is 38.7 Å². The first-order valence-corrected chi connectivity index (χ1v) is 6.05. The molecular weight excluding hydrogens is 259 g/mol. The Kier molecular flexibility index (Phi) is 5.26. The summed E-state index contributed by atoms with van der Waals surface area (Å²) in [4.78, 5) is 0. The van der Waals surface area contributed by atoms with Crippen molar-refractivity contribution >= 4 is 15.9 Å². The summed E-state index contributed by atoms with van der Waals surface area (Å²) in [5.41, 5.74) is 0.971. The minimum absolute atomic E-state index is 0.219. The Hall–Kier alpha value is -0.410. The molecule has 1 unspecified atom stereocenters. The first kappa shape index (κ1) is 12.7. The van der Waals surface area contributed by atoms with Crippen molar-refractivity contribution in [3.05, 3.63) is 34.1 Å². The Morgan fingerprint density at radius 2 is 2.20 bits per heavy atom. The third-order valence-corrected chi connectivity index (χ3v) is 3.37. The summed E-state index contributed by atoms with van der Waals surface area (Å²) in [5.74, 6) is -0.219. The molecule has 0 saturated carbocycles. The van der Waals surface area contributed by atoms with Gasteiger partial charge in [0.15, 0.2) is 0 Å². The maximum atomic E-state index is 13.1. The normalized spacial score (nSPS) is 12.8. The lowest BCUT2D eigenvalue weighted by Gasteiger charge is -2.08. The third kappa shape index (κ3) is 3.92. The largest absolute Gasteiger partial charge is 0.393 e. The van der Waals surface area contributed by atoms with Crippen molar-refractivity contribution in [3.63, 3.8) is 0 Å². The third-order valence-electron chi connectivity index (χ3n) is 2.49. The van der Waals surface area contributed by atoms with Crippen molar-refractivity contribution in [2.75, 3.05) is 0 Å². The minimum Gasteiger partial charge on any atom is -0.393 e. The number of aliphatic hydroxyl groups is 1. The molecule has 84 valence electrons. The van der Waals surface area contributed by atoms with Crippen LogP contribution in [0.25, 0.3) is 0 Å². The predicted octanol–water partition coefficient (Wildman–Crippen LogP) is 3.68. The van der Waals surface area contributed by atoms with Crippen LogP contribution in [0.2, 0.25) is 0 Å². The van der Waals surface area contributed by atoms with E-state index in [9.17, 15) is 9.50 Å². The van der Waals surface area contributed by atoms with Crippen molar-refractivity contribution < 1.29 is 9.50 Å². The first-order valence-electron chi connectivity index (χ1n) is 5.26. The Labute approximate surface area is 98.4 Å². The highest BCUT2D eigenvalue weighted by atomic mass is 79.9. The van der Waals surface area contributed by atoms with Gasteiger partial charge in [-0.3, -0.25) is 0 Å². The van der Waals surface area contributed by atoms with E-state index in [4.69, 9.17) is 0 Å². The predicted molar refractivity (Wildman–Crippen MR) is 63.3 cm³/mol. The monoisotopic (exact) mass is 274 g/mol. The molecule has 0 aromatic heterocycles. The highest BCUT2D eigenvalue weighted by Gasteiger charge is 2.06. The van der Waals surface area contributed by atoms with Gasteiger partial charge >= 0.3 is 0 Å². The lowest BCUT2D eigenvalue weighted by molar-refractivity contribution is 0.157. The molecular formula is C12H16BrFO. The van der Waals surface area contributed by atoms with Gasteiger partial charge in [-0.05, 0) is 53.2 Å². The summed E-state index contributed by atoms with van der Waals surface area (Å²) in [6.45, 7) is 1.96. The van der Waals surface area contributed by atoms with E-state index in [-0.39, 0.29) is 11.9 Å². The zero-order chi connectivity index (χ0) is 11.3. The highest BCUT2D eigenvalue weighted by Crippen LogP contribution is 2.22. The average molecular weight is 275 g/mol. The van der Waals surface area contributed by atoms with Gasteiger partial charge in [0.25, 0.3) is 0 Å². The zero-order valence-electron chi connectivity index (χ0n) is 8.84. The summed E-state index contributed by atoms with van der Waals surface area (Å²) in [6, 6.07) is 5.06. The van der Waals surface area contributed by atoms with Gasteiger partial charge in [0.05, 0.1) is 10.6 Å². The highest BCUT2D eigenvalue weighted by molar-refractivity contribution is 9.10. The number of benzene rings is 1. The van der Waals surface area contributed by atoms with E-state index in [1.54, 1.807) is 6.07 Å². The van der Waals surface area contributed by atoms with Gasteiger partial charge in [-0.25, -0.2) is 4.39 Å². The molecule has 0 amide bonds. The molecule has 0 spiro atoms. The topological polar surface area (TPSA) is 20.2 Å². The van der Waals surface area contributed by atoms with Gasteiger partial charge in [0, 0.05) is 0 Å². The van der Waals surface area contributed by atoms with Crippen molar-refractivity contribution in [1.29, 1.82) is 0 Å². The number of aliphatic hydroxyl groups excluding tert-OH is 1. The number of rotatable bonds is 5. The van der Waals surface area contributed by atoms with Crippen molar-refractivity contribution in [2.24, 2.45) is 0 Å². The molecule has 1 aromatic rings. The van der Waals surface area contributed by atoms with E-state index in [2.05, 4.69) is 15.9 Å². The van der Waals surface area contributed by atoms with Gasteiger partial charge in [0.2, 0.25) is 0 Å². The number of hydrogen-bond donors (Lipinski definition) is 1. The lowest BCUT2D eigenvalue weighted by atomic mass is 10.0. The molecule has 1 rings (SSSR count). The standard InChI is InChI=1S/C12H16BrFO/c1-2-10(15)7-3-5-9-6-4-8-11(14)12(9)13/h4,6,8,10,15H,2-3,5,7H2,1H3. The van der Waals surface area contributed by atoms with Crippen LogP contribution in [0.15, 0.2) is 22.7 Å². The molecule has 1 atom stereocenters. The van der Waals surface area contributed by atoms with Crippen LogP contribution in [0.5, 0.6) is 0 Å². The Morgan fingerprint density at radius 3 is 2.87 bits per heavy atom. The van der Waals surface area contributed by atoms with Crippen LogP contribution < -0.4 is 0 Å². The molecule has 1 N–H and O–H groups in total. The maximum Gasteiger partial charge on any atom is 0.137 e. The molecule has 0 bridgehead atoms. The van der Waals surface area contributed by atoms with Crippen LogP contribution in [0.1, 0.15) is 31.7 Å². The molecule has 0 aliphatic heterocycles. The van der Waals surface area contributed by atoms with Crippen LogP contribution in [0.4, 0.5) is 4.39 Å². The molecule has 0 radical (unpaired) electrons. The second-order valence-electron chi connectivity index (χ2n) is 3.67. The number of aryl methyl sites for hydroxylation is 1. The second-order valence-corrected chi connectivity index (χ2v) is 4.46. The quantitative estimate of drug-likeness (QED) is 0.869. The molecule has 1 aromatic carbocycles. The summed E-state index contributed by atoms with van der Waals surface area (Å²) >= 11 is 3.23. The molecule has 0 fully saturated rings. The molecule has 0 heterocycles. The van der Waals surface area contributed by atoms with Crippen LogP contribution in [-0.4, -0.2) is 11.2 Å². The summed E-state index contributed by atoms with van der Waals surface area (Å²) in [6.07, 6.45) is 3.02. The fourth-order valence-corrected chi connectivity index (χ4v) is 1.94. The van der Waals surface area contributed by atoms with Crippen molar-refractivity contribution in [1.82, 2.24) is 0 Å². The van der Waals surface area contributed by atoms with Gasteiger partial charge in [-0.15, -0.1) is 0 Å². The van der Waals surface area contributed by atoms with Crippen LogP contribution in [0, 0.1) is 5.82 Å². The zero-order valence-corrected chi connectivity index (χ0v) is 10.4. The summed E-state index contributed by atoms with van der Waals surface area (Å²) < 4.78 is 13.7. The Balaban J connectivity index is 2.47. The van der Waals surface area contributed by atoms with E-state index in [1.807, 2.05) is 13.0 Å². The van der Waals surface area contributed by atoms with Crippen LogP contribution in [0.3, 0.4) is 0 Å². The van der Waals surface area contributed by atoms with Gasteiger partial charge in [-0.2, -0.15) is 0 Å². The maximum absolute atomic E-state index is 13.1. The number of hydrogen-bond acceptors (Lipinski definition) is 1. The fraction of sp³-hybridized carbons (Fsp3) is 0.500. The van der Waals surface area contributed by atoms with Gasteiger partial charge in [0.1, 0.15) is 5.82 Å². The summed E-state index contributed by atoms with van der Waals surface area (Å²) in [5, 5.41) is 9.37. The first-order chi connectivity index (χ1) is 7.15. The van der Waals surface area contributed by atoms with Crippen molar-refractivity contribution in [3.8, 4) is 0 Å². The SMILES string of the molecule is CCC(O)CCCc1cccc(F)c1Br. The average Bonchev–Trinajstić information content (AvgIpc) is 2.24. The minimum atomic E-state index is -0.225. The molecule has 0 saturated heterocycles. The Morgan fingerprint density at radius 1 is 1.47 bits per heavy atom. The number of halogens is 2. The van der Waals surface area contributed by atoms with E-state index >= 15 is 0 Å². The van der Waals surface area contributed by atoms with E-state index in [1.165, 1.54) is 6.07 Å². The van der Waals surface area contributed by atoms with Gasteiger partial charge < -0.3 is 5.11 Å². The second kappa shape index (κ2) is 6.23. The van der Waals surface area contributed by atoms with Crippen LogP contribution >= 0.6 is 15.9 Å². The van der Waals surface area contributed by atoms with E-state index in [0.29, 0.717) is 4.47 Å². The molecule has 1 nitrogen and oxygen atoms in total. The summed E-state index contributed by atoms with van der Waals surface area (Å²) in [7, 11) is 0. The van der Waals surface area contributed by atoms with E-state index < -0.39 is 0 Å². The molecule has 15 heavy (non-hydrogen) atoms. The Bertz CT molecular complexity index is 314. The smallest absolute Gasteiger partial charge is 0.137 e.